The lowest BCUT2D eigenvalue weighted by atomic mass is 9.93. The second kappa shape index (κ2) is 4.57. The van der Waals surface area contributed by atoms with Crippen molar-refractivity contribution in [2.45, 2.75) is 25.8 Å². The van der Waals surface area contributed by atoms with Crippen molar-refractivity contribution in [2.75, 3.05) is 6.54 Å². The van der Waals surface area contributed by atoms with Gasteiger partial charge in [0.1, 0.15) is 5.76 Å². The van der Waals surface area contributed by atoms with Crippen LogP contribution in [0.2, 0.25) is 0 Å². The first-order chi connectivity index (χ1) is 8.09. The molecule has 0 aromatic carbocycles. The fourth-order valence-corrected chi connectivity index (χ4v) is 2.20. The Balaban J connectivity index is 2.23. The Bertz CT molecular complexity index is 416. The van der Waals surface area contributed by atoms with Crippen molar-refractivity contribution < 1.29 is 14.0 Å². The smallest absolute Gasteiger partial charge is 0.312 e. The minimum atomic E-state index is -0.927. The lowest BCUT2D eigenvalue weighted by Gasteiger charge is -2.36. The maximum absolute atomic E-state index is 11.7. The molecule has 2 N–H and O–H groups in total. The molecule has 2 amide bonds. The summed E-state index contributed by atoms with van der Waals surface area (Å²) in [6, 6.07) is -0.228. The molecule has 1 aliphatic heterocycles. The van der Waals surface area contributed by atoms with Crippen molar-refractivity contribution in [3.8, 4) is 0 Å². The molecule has 6 heteroatoms. The van der Waals surface area contributed by atoms with Crippen molar-refractivity contribution in [2.24, 2.45) is 11.7 Å². The van der Waals surface area contributed by atoms with Crippen molar-refractivity contribution >= 4 is 11.8 Å². The molecule has 1 aliphatic rings. The molecule has 0 unspecified atom stereocenters. The van der Waals surface area contributed by atoms with Gasteiger partial charge in [0, 0.05) is 6.54 Å². The Kier molecular flexibility index (Phi) is 3.12. The number of likely N-dealkylation sites (tertiary alicyclic amines) is 1. The molecule has 1 aromatic heterocycles. The number of amides is 2. The highest BCUT2D eigenvalue weighted by Crippen LogP contribution is 2.32. The molecular weight excluding hydrogens is 222 g/mol. The third-order valence-electron chi connectivity index (χ3n) is 3.07. The van der Waals surface area contributed by atoms with E-state index >= 15 is 0 Å². The Labute approximate surface area is 98.8 Å². The summed E-state index contributed by atoms with van der Waals surface area (Å²) in [5.74, 6) is -0.620. The van der Waals surface area contributed by atoms with Gasteiger partial charge in [-0.3, -0.25) is 9.59 Å². The maximum Gasteiger partial charge on any atom is 0.312 e. The monoisotopic (exact) mass is 237 g/mol. The summed E-state index contributed by atoms with van der Waals surface area (Å²) in [5, 5.41) is 0. The average molecular weight is 237 g/mol. The summed E-state index contributed by atoms with van der Waals surface area (Å²) < 4.78 is 5.21. The van der Waals surface area contributed by atoms with E-state index in [0.717, 1.165) is 12.8 Å². The molecule has 0 radical (unpaired) electrons. The molecule has 0 spiro atoms. The van der Waals surface area contributed by atoms with Crippen LogP contribution in [0.25, 0.3) is 0 Å². The molecular formula is C11H15N3O3. The van der Waals surface area contributed by atoms with Gasteiger partial charge in [-0.05, 0) is 18.8 Å². The lowest BCUT2D eigenvalue weighted by molar-refractivity contribution is -0.147. The molecule has 17 heavy (non-hydrogen) atoms. The van der Waals surface area contributed by atoms with Crippen LogP contribution in [0.4, 0.5) is 0 Å². The fourth-order valence-electron chi connectivity index (χ4n) is 2.20. The number of carbonyl (C=O) groups excluding carboxylic acids is 2. The Morgan fingerprint density at radius 1 is 1.53 bits per heavy atom. The van der Waals surface area contributed by atoms with Crippen LogP contribution >= 0.6 is 0 Å². The molecule has 1 saturated heterocycles. The molecule has 0 saturated carbocycles. The SMILES string of the molecule is C[C@@H]1CC[C@@H](c2cnco2)N(C(=O)C(N)=O)C1. The summed E-state index contributed by atoms with van der Waals surface area (Å²) in [5.41, 5.74) is 5.05. The number of rotatable bonds is 1. The average Bonchev–Trinajstić information content (AvgIpc) is 2.81. The number of primary amides is 1. The lowest BCUT2D eigenvalue weighted by Crippen LogP contribution is -2.46. The molecule has 1 aromatic rings. The normalized spacial score (nSPS) is 24.6. The van der Waals surface area contributed by atoms with Crippen molar-refractivity contribution in [1.29, 1.82) is 0 Å². The van der Waals surface area contributed by atoms with E-state index in [1.807, 2.05) is 6.92 Å². The van der Waals surface area contributed by atoms with Gasteiger partial charge in [-0.25, -0.2) is 4.98 Å². The van der Waals surface area contributed by atoms with Crippen molar-refractivity contribution in [3.05, 3.63) is 18.4 Å². The minimum absolute atomic E-state index is 0.228. The maximum atomic E-state index is 11.7. The summed E-state index contributed by atoms with van der Waals surface area (Å²) in [7, 11) is 0. The molecule has 2 atom stereocenters. The Morgan fingerprint density at radius 3 is 2.88 bits per heavy atom. The van der Waals surface area contributed by atoms with Crippen LogP contribution in [0.15, 0.2) is 17.0 Å². The van der Waals surface area contributed by atoms with Gasteiger partial charge in [-0.2, -0.15) is 0 Å². The summed E-state index contributed by atoms with van der Waals surface area (Å²) in [6.45, 7) is 2.56. The molecule has 6 nitrogen and oxygen atoms in total. The van der Waals surface area contributed by atoms with E-state index in [-0.39, 0.29) is 6.04 Å². The molecule has 0 bridgehead atoms. The van der Waals surface area contributed by atoms with E-state index in [1.165, 1.54) is 11.3 Å². The quantitative estimate of drug-likeness (QED) is 0.718. The molecule has 92 valence electrons. The number of piperidine rings is 1. The predicted octanol–water partition coefficient (Wildman–Crippen LogP) is 0.460. The minimum Gasteiger partial charge on any atom is -0.446 e. The summed E-state index contributed by atoms with van der Waals surface area (Å²) in [6.07, 6.45) is 4.63. The van der Waals surface area contributed by atoms with Crippen LogP contribution in [0, 0.1) is 5.92 Å². The van der Waals surface area contributed by atoms with E-state index < -0.39 is 11.8 Å². The van der Waals surface area contributed by atoms with Gasteiger partial charge in [0.2, 0.25) is 0 Å². The highest BCUT2D eigenvalue weighted by Gasteiger charge is 2.34. The van der Waals surface area contributed by atoms with Crippen molar-refractivity contribution in [3.63, 3.8) is 0 Å². The van der Waals surface area contributed by atoms with Crippen LogP contribution in [0.3, 0.4) is 0 Å². The summed E-state index contributed by atoms with van der Waals surface area (Å²) in [4.78, 5) is 28.1. The number of oxazole rings is 1. The highest BCUT2D eigenvalue weighted by atomic mass is 16.3. The molecule has 0 aliphatic carbocycles. The van der Waals surface area contributed by atoms with E-state index in [9.17, 15) is 9.59 Å². The van der Waals surface area contributed by atoms with Gasteiger partial charge in [0.05, 0.1) is 12.2 Å². The fraction of sp³-hybridized carbons (Fsp3) is 0.545. The number of hydrogen-bond acceptors (Lipinski definition) is 4. The van der Waals surface area contributed by atoms with Crippen LogP contribution in [-0.2, 0) is 9.59 Å². The van der Waals surface area contributed by atoms with Gasteiger partial charge in [-0.1, -0.05) is 6.92 Å². The second-order valence-electron chi connectivity index (χ2n) is 4.42. The predicted molar refractivity (Wildman–Crippen MR) is 58.5 cm³/mol. The number of hydrogen-bond donors (Lipinski definition) is 1. The number of nitrogens with two attached hydrogens (primary N) is 1. The topological polar surface area (TPSA) is 89.4 Å². The number of carbonyl (C=O) groups is 2. The van der Waals surface area contributed by atoms with E-state index in [0.29, 0.717) is 18.2 Å². The van der Waals surface area contributed by atoms with Crippen LogP contribution in [0.5, 0.6) is 0 Å². The Hall–Kier alpha value is -1.85. The zero-order valence-electron chi connectivity index (χ0n) is 9.63. The first kappa shape index (κ1) is 11.6. The second-order valence-corrected chi connectivity index (χ2v) is 4.42. The summed E-state index contributed by atoms with van der Waals surface area (Å²) >= 11 is 0. The van der Waals surface area contributed by atoms with Gasteiger partial charge >= 0.3 is 11.8 Å². The van der Waals surface area contributed by atoms with E-state index in [1.54, 1.807) is 6.20 Å². The van der Waals surface area contributed by atoms with Crippen LogP contribution in [-0.4, -0.2) is 28.2 Å². The third kappa shape index (κ3) is 2.30. The van der Waals surface area contributed by atoms with Gasteiger partial charge in [0.25, 0.3) is 0 Å². The Morgan fingerprint density at radius 2 is 2.29 bits per heavy atom. The highest BCUT2D eigenvalue weighted by molar-refractivity contribution is 6.34. The van der Waals surface area contributed by atoms with Crippen LogP contribution < -0.4 is 5.73 Å². The first-order valence-electron chi connectivity index (χ1n) is 5.58. The van der Waals surface area contributed by atoms with E-state index in [2.05, 4.69) is 4.98 Å². The van der Waals surface area contributed by atoms with Gasteiger partial charge in [-0.15, -0.1) is 0 Å². The zero-order chi connectivity index (χ0) is 12.4. The number of aromatic nitrogens is 1. The molecule has 2 rings (SSSR count). The first-order valence-corrected chi connectivity index (χ1v) is 5.58. The third-order valence-corrected chi connectivity index (χ3v) is 3.07. The molecule has 1 fully saturated rings. The zero-order valence-corrected chi connectivity index (χ0v) is 9.63. The van der Waals surface area contributed by atoms with E-state index in [4.69, 9.17) is 10.2 Å². The van der Waals surface area contributed by atoms with Gasteiger partial charge in [0.15, 0.2) is 6.39 Å². The van der Waals surface area contributed by atoms with Crippen molar-refractivity contribution in [1.82, 2.24) is 9.88 Å². The van der Waals surface area contributed by atoms with Gasteiger partial charge < -0.3 is 15.1 Å². The standard InChI is InChI=1S/C11H15N3O3/c1-7-2-3-8(9-4-13-6-17-9)14(5-7)11(16)10(12)15/h4,6-8H,2-3,5H2,1H3,(H2,12,15)/t7-,8+/m1/s1. The number of nitrogens with zero attached hydrogens (tertiary/aromatic N) is 2. The largest absolute Gasteiger partial charge is 0.446 e. The van der Waals surface area contributed by atoms with Crippen LogP contribution in [0.1, 0.15) is 31.6 Å². The molecule has 2 heterocycles.